The van der Waals surface area contributed by atoms with E-state index < -0.39 is 12.0 Å². The third-order valence-corrected chi connectivity index (χ3v) is 3.76. The number of anilines is 1. The monoisotopic (exact) mass is 357 g/mol. The quantitative estimate of drug-likeness (QED) is 0.678. The fraction of sp³-hybridized carbons (Fsp3) is 0.357. The molecule has 1 aliphatic rings. The van der Waals surface area contributed by atoms with Crippen LogP contribution in [0.15, 0.2) is 29.4 Å². The van der Waals surface area contributed by atoms with Gasteiger partial charge in [0.2, 0.25) is 4.77 Å². The minimum absolute atomic E-state index is 0.219. The third kappa shape index (κ3) is 3.65. The fourth-order valence-electron chi connectivity index (χ4n) is 2.30. The molecule has 1 aliphatic heterocycles. The number of alkyl halides is 3. The average molecular weight is 357 g/mol. The van der Waals surface area contributed by atoms with Crippen LogP contribution in [0.5, 0.6) is 0 Å². The first kappa shape index (κ1) is 16.7. The van der Waals surface area contributed by atoms with Gasteiger partial charge in [0.1, 0.15) is 0 Å². The normalized spacial score (nSPS) is 16.0. The highest BCUT2D eigenvalue weighted by Crippen LogP contribution is 2.27. The number of halogens is 3. The van der Waals surface area contributed by atoms with Gasteiger partial charge >= 0.3 is 6.18 Å². The van der Waals surface area contributed by atoms with E-state index in [0.717, 1.165) is 18.8 Å². The van der Waals surface area contributed by atoms with Gasteiger partial charge in [-0.15, -0.1) is 5.10 Å². The Morgan fingerprint density at radius 1 is 1.21 bits per heavy atom. The molecular weight excluding hydrogens is 343 g/mol. The summed E-state index contributed by atoms with van der Waals surface area (Å²) in [6.07, 6.45) is -3.32. The lowest BCUT2D eigenvalue weighted by atomic mass is 10.2. The molecule has 0 amide bonds. The van der Waals surface area contributed by atoms with Crippen LogP contribution in [-0.2, 0) is 10.9 Å². The third-order valence-electron chi connectivity index (χ3n) is 3.50. The van der Waals surface area contributed by atoms with Crippen molar-refractivity contribution in [3.63, 3.8) is 0 Å². The molecule has 0 aliphatic carbocycles. The second kappa shape index (κ2) is 6.73. The minimum atomic E-state index is -4.63. The van der Waals surface area contributed by atoms with Gasteiger partial charge in [-0.1, -0.05) is 12.1 Å². The Morgan fingerprint density at radius 2 is 1.88 bits per heavy atom. The second-order valence-electron chi connectivity index (χ2n) is 5.10. The summed E-state index contributed by atoms with van der Waals surface area (Å²) in [5, 5.41) is 9.04. The number of morpholine rings is 1. The average Bonchev–Trinajstić information content (AvgIpc) is 2.95. The molecule has 1 aromatic carbocycles. The van der Waals surface area contributed by atoms with Crippen molar-refractivity contribution in [1.29, 1.82) is 0 Å². The van der Waals surface area contributed by atoms with Crippen molar-refractivity contribution < 1.29 is 17.9 Å². The van der Waals surface area contributed by atoms with Crippen molar-refractivity contribution in [3.05, 3.63) is 40.4 Å². The van der Waals surface area contributed by atoms with Crippen molar-refractivity contribution >= 4 is 24.1 Å². The Morgan fingerprint density at radius 3 is 2.50 bits per heavy atom. The van der Waals surface area contributed by atoms with Crippen LogP contribution in [0.25, 0.3) is 0 Å². The molecule has 0 saturated carbocycles. The van der Waals surface area contributed by atoms with Gasteiger partial charge in [-0.2, -0.15) is 22.9 Å². The molecule has 0 bridgehead atoms. The molecule has 1 aromatic heterocycles. The highest BCUT2D eigenvalue weighted by atomic mass is 32.1. The highest BCUT2D eigenvalue weighted by Gasteiger charge is 2.37. The van der Waals surface area contributed by atoms with E-state index in [1.165, 1.54) is 6.21 Å². The van der Waals surface area contributed by atoms with Crippen LogP contribution in [0, 0.1) is 4.77 Å². The van der Waals surface area contributed by atoms with E-state index in [4.69, 9.17) is 17.0 Å². The summed E-state index contributed by atoms with van der Waals surface area (Å²) >= 11 is 4.78. The van der Waals surface area contributed by atoms with Gasteiger partial charge < -0.3 is 9.64 Å². The molecule has 3 rings (SSSR count). The molecule has 0 radical (unpaired) electrons. The zero-order valence-corrected chi connectivity index (χ0v) is 13.3. The number of rotatable bonds is 3. The van der Waals surface area contributed by atoms with Crippen LogP contribution in [-0.4, -0.2) is 47.4 Å². The number of hydrogen-bond acceptors (Lipinski definition) is 5. The summed E-state index contributed by atoms with van der Waals surface area (Å²) in [6.45, 7) is 2.99. The van der Waals surface area contributed by atoms with Crippen molar-refractivity contribution in [3.8, 4) is 0 Å². The van der Waals surface area contributed by atoms with Gasteiger partial charge in [0, 0.05) is 18.8 Å². The van der Waals surface area contributed by atoms with Crippen LogP contribution >= 0.6 is 12.2 Å². The van der Waals surface area contributed by atoms with Gasteiger partial charge in [0.15, 0.2) is 0 Å². The molecule has 0 atom stereocenters. The van der Waals surface area contributed by atoms with Gasteiger partial charge in [-0.3, -0.25) is 0 Å². The predicted molar refractivity (Wildman–Crippen MR) is 84.9 cm³/mol. The summed E-state index contributed by atoms with van der Waals surface area (Å²) in [5.41, 5.74) is 1.69. The van der Waals surface area contributed by atoms with E-state index >= 15 is 0 Å². The molecule has 2 heterocycles. The van der Waals surface area contributed by atoms with E-state index in [2.05, 4.69) is 20.2 Å². The molecule has 10 heteroatoms. The molecular formula is C14H14F3N5OS. The first-order valence-electron chi connectivity index (χ1n) is 7.17. The number of aromatic nitrogens is 3. The molecule has 1 fully saturated rings. The number of ether oxygens (including phenoxy) is 1. The number of nitrogens with zero attached hydrogens (tertiary/aromatic N) is 4. The lowest BCUT2D eigenvalue weighted by molar-refractivity contribution is -0.147. The highest BCUT2D eigenvalue weighted by molar-refractivity contribution is 7.71. The lowest BCUT2D eigenvalue weighted by Gasteiger charge is -2.28. The van der Waals surface area contributed by atoms with Crippen molar-refractivity contribution in [1.82, 2.24) is 14.9 Å². The largest absolute Gasteiger partial charge is 0.453 e. The van der Waals surface area contributed by atoms with E-state index in [1.54, 1.807) is 12.1 Å². The molecule has 1 saturated heterocycles. The Hall–Kier alpha value is -2.20. The first-order valence-corrected chi connectivity index (χ1v) is 7.58. The predicted octanol–water partition coefficient (Wildman–Crippen LogP) is 2.68. The summed E-state index contributed by atoms with van der Waals surface area (Å²) in [7, 11) is 0. The number of nitrogens with one attached hydrogen (secondary N) is 1. The molecule has 1 N–H and O–H groups in total. The SMILES string of the molecule is FC(F)(F)c1n[nH]c(=S)n1/N=C\c1ccc(N2CCOCC2)cc1. The van der Waals surface area contributed by atoms with E-state index in [0.29, 0.717) is 23.5 Å². The molecule has 6 nitrogen and oxygen atoms in total. The van der Waals surface area contributed by atoms with Gasteiger partial charge in [0.25, 0.3) is 5.82 Å². The van der Waals surface area contributed by atoms with Crippen LogP contribution < -0.4 is 4.90 Å². The summed E-state index contributed by atoms with van der Waals surface area (Å²) in [4.78, 5) is 2.18. The topological polar surface area (TPSA) is 58.4 Å². The van der Waals surface area contributed by atoms with E-state index in [-0.39, 0.29) is 4.77 Å². The second-order valence-corrected chi connectivity index (χ2v) is 5.48. The van der Waals surface area contributed by atoms with Crippen molar-refractivity contribution in [2.75, 3.05) is 31.2 Å². The summed E-state index contributed by atoms with van der Waals surface area (Å²) < 4.78 is 44.1. The number of H-pyrrole nitrogens is 1. The molecule has 2 aromatic rings. The number of hydrogen-bond donors (Lipinski definition) is 1. The standard InChI is InChI=1S/C14H14F3N5OS/c15-14(16,17)12-19-20-13(24)22(12)18-9-10-1-3-11(4-2-10)21-5-7-23-8-6-21/h1-4,9H,5-8H2,(H,20,24)/b18-9-. The Kier molecular flexibility index (Phi) is 4.67. The van der Waals surface area contributed by atoms with E-state index in [9.17, 15) is 13.2 Å². The van der Waals surface area contributed by atoms with Gasteiger partial charge in [0.05, 0.1) is 19.4 Å². The summed E-state index contributed by atoms with van der Waals surface area (Å²) in [5.74, 6) is -1.19. The molecule has 128 valence electrons. The number of benzene rings is 1. The molecule has 0 spiro atoms. The van der Waals surface area contributed by atoms with Crippen LogP contribution in [0.4, 0.5) is 18.9 Å². The maximum Gasteiger partial charge on any atom is 0.453 e. The number of aromatic amines is 1. The smallest absolute Gasteiger partial charge is 0.378 e. The zero-order valence-electron chi connectivity index (χ0n) is 12.5. The van der Waals surface area contributed by atoms with Crippen molar-refractivity contribution in [2.24, 2.45) is 5.10 Å². The maximum atomic E-state index is 12.8. The van der Waals surface area contributed by atoms with Gasteiger partial charge in [-0.05, 0) is 29.9 Å². The minimum Gasteiger partial charge on any atom is -0.378 e. The summed E-state index contributed by atoms with van der Waals surface area (Å²) in [6, 6.07) is 7.36. The van der Waals surface area contributed by atoms with Crippen LogP contribution in [0.3, 0.4) is 0 Å². The van der Waals surface area contributed by atoms with Crippen LogP contribution in [0.2, 0.25) is 0 Å². The Labute approximate surface area is 140 Å². The maximum absolute atomic E-state index is 12.8. The Bertz CT molecular complexity index is 775. The molecule has 24 heavy (non-hydrogen) atoms. The Balaban J connectivity index is 1.78. The van der Waals surface area contributed by atoms with Crippen molar-refractivity contribution in [2.45, 2.75) is 6.18 Å². The first-order chi connectivity index (χ1) is 11.4. The van der Waals surface area contributed by atoms with Gasteiger partial charge in [-0.25, -0.2) is 5.10 Å². The van der Waals surface area contributed by atoms with E-state index in [1.807, 2.05) is 12.1 Å². The fourth-order valence-corrected chi connectivity index (χ4v) is 2.48. The van der Waals surface area contributed by atoms with Crippen LogP contribution in [0.1, 0.15) is 11.4 Å². The molecule has 0 unspecified atom stereocenters. The lowest BCUT2D eigenvalue weighted by Crippen LogP contribution is -2.36. The zero-order chi connectivity index (χ0) is 17.2.